The van der Waals surface area contributed by atoms with E-state index in [4.69, 9.17) is 0 Å². The van der Waals surface area contributed by atoms with Crippen LogP contribution in [-0.2, 0) is 11.3 Å². The van der Waals surface area contributed by atoms with Gasteiger partial charge < -0.3 is 4.79 Å². The Morgan fingerprint density at radius 3 is 3.00 bits per heavy atom. The van der Waals surface area contributed by atoms with Gasteiger partial charge in [-0.05, 0) is 6.92 Å². The zero-order valence-electron chi connectivity index (χ0n) is 6.15. The molecule has 0 N–H and O–H groups in total. The summed E-state index contributed by atoms with van der Waals surface area (Å²) in [4.78, 5) is 20.7. The smallest absolute Gasteiger partial charge is 0.162 e. The molecule has 0 spiro atoms. The summed E-state index contributed by atoms with van der Waals surface area (Å²) in [6, 6.07) is 0. The Bertz CT molecular complexity index is 278. The zero-order valence-corrected chi connectivity index (χ0v) is 6.15. The zero-order chi connectivity index (χ0) is 8.27. The average Bonchev–Trinajstić information content (AvgIpc) is 2.37. The third-order valence-electron chi connectivity index (χ3n) is 1.30. The van der Waals surface area contributed by atoms with Crippen LogP contribution in [0.3, 0.4) is 0 Å². The van der Waals surface area contributed by atoms with Gasteiger partial charge in [-0.2, -0.15) is 5.10 Å². The summed E-state index contributed by atoms with van der Waals surface area (Å²) in [6.07, 6.45) is 3.74. The van der Waals surface area contributed by atoms with E-state index in [9.17, 15) is 9.59 Å². The molecule has 0 radical (unpaired) electrons. The number of carbonyl (C=O) groups is 2. The molecule has 0 aliphatic heterocycles. The van der Waals surface area contributed by atoms with Crippen molar-refractivity contribution in [2.24, 2.45) is 0 Å². The van der Waals surface area contributed by atoms with Crippen LogP contribution >= 0.6 is 0 Å². The number of ketones is 1. The van der Waals surface area contributed by atoms with Gasteiger partial charge >= 0.3 is 0 Å². The summed E-state index contributed by atoms with van der Waals surface area (Å²) in [5.74, 6) is -0.0397. The second kappa shape index (κ2) is 3.09. The topological polar surface area (TPSA) is 52.0 Å². The van der Waals surface area contributed by atoms with Gasteiger partial charge in [-0.1, -0.05) is 0 Å². The van der Waals surface area contributed by atoms with E-state index in [0.717, 1.165) is 6.29 Å². The average molecular weight is 152 g/mol. The molecular weight excluding hydrogens is 144 g/mol. The minimum Gasteiger partial charge on any atom is -0.301 e. The highest BCUT2D eigenvalue weighted by Crippen LogP contribution is 1.97. The van der Waals surface area contributed by atoms with Gasteiger partial charge in [0.1, 0.15) is 6.29 Å². The van der Waals surface area contributed by atoms with Gasteiger partial charge in [0.15, 0.2) is 5.78 Å². The molecule has 0 amide bonds. The summed E-state index contributed by atoms with van der Waals surface area (Å²) >= 11 is 0. The second-order valence-corrected chi connectivity index (χ2v) is 2.17. The van der Waals surface area contributed by atoms with Crippen molar-refractivity contribution in [1.29, 1.82) is 0 Å². The molecule has 1 aromatic rings. The van der Waals surface area contributed by atoms with Crippen LogP contribution in [0.25, 0.3) is 0 Å². The molecule has 1 aromatic heterocycles. The maximum absolute atomic E-state index is 10.7. The predicted molar refractivity (Wildman–Crippen MR) is 38.3 cm³/mol. The van der Waals surface area contributed by atoms with Crippen LogP contribution < -0.4 is 0 Å². The summed E-state index contributed by atoms with van der Waals surface area (Å²) in [6.45, 7) is 1.66. The fraction of sp³-hybridized carbons (Fsp3) is 0.286. The third-order valence-corrected chi connectivity index (χ3v) is 1.30. The molecule has 58 valence electrons. The molecule has 0 aliphatic carbocycles. The number of nitrogens with zero attached hydrogens (tertiary/aromatic N) is 2. The molecule has 0 unspecified atom stereocenters. The molecule has 0 saturated carbocycles. The van der Waals surface area contributed by atoms with Crippen molar-refractivity contribution >= 4 is 12.1 Å². The van der Waals surface area contributed by atoms with Gasteiger partial charge in [-0.3, -0.25) is 9.48 Å². The van der Waals surface area contributed by atoms with E-state index in [-0.39, 0.29) is 12.3 Å². The van der Waals surface area contributed by atoms with Crippen molar-refractivity contribution in [2.45, 2.75) is 13.5 Å². The Balaban J connectivity index is 2.81. The molecule has 0 fully saturated rings. The Labute approximate surface area is 63.8 Å². The molecule has 0 aromatic carbocycles. The lowest BCUT2D eigenvalue weighted by Crippen LogP contribution is -1.98. The Kier molecular flexibility index (Phi) is 2.15. The lowest BCUT2D eigenvalue weighted by molar-refractivity contribution is -0.108. The van der Waals surface area contributed by atoms with E-state index in [1.54, 1.807) is 6.20 Å². The standard InChI is InChI=1S/C7H8N2O2/c1-6(11)7-4-8-9(5-7)2-3-10/h3-5H,2H2,1H3. The van der Waals surface area contributed by atoms with E-state index in [2.05, 4.69) is 5.10 Å². The molecule has 0 aliphatic rings. The van der Waals surface area contributed by atoms with Gasteiger partial charge in [-0.15, -0.1) is 0 Å². The number of rotatable bonds is 3. The van der Waals surface area contributed by atoms with Crippen molar-refractivity contribution in [3.63, 3.8) is 0 Å². The summed E-state index contributed by atoms with van der Waals surface area (Å²) in [5.41, 5.74) is 0.534. The van der Waals surface area contributed by atoms with E-state index in [1.807, 2.05) is 0 Å². The van der Waals surface area contributed by atoms with Crippen LogP contribution in [0.5, 0.6) is 0 Å². The van der Waals surface area contributed by atoms with Crippen LogP contribution in [0, 0.1) is 0 Å². The number of aromatic nitrogens is 2. The highest BCUT2D eigenvalue weighted by atomic mass is 16.1. The number of aldehydes is 1. The summed E-state index contributed by atoms with van der Waals surface area (Å²) in [7, 11) is 0. The molecular formula is C7H8N2O2. The Morgan fingerprint density at radius 1 is 1.82 bits per heavy atom. The predicted octanol–water partition coefficient (Wildman–Crippen LogP) is 0.285. The lowest BCUT2D eigenvalue weighted by atomic mass is 10.3. The van der Waals surface area contributed by atoms with Crippen molar-refractivity contribution in [3.8, 4) is 0 Å². The monoisotopic (exact) mass is 152 g/mol. The Morgan fingerprint density at radius 2 is 2.55 bits per heavy atom. The molecule has 11 heavy (non-hydrogen) atoms. The highest BCUT2D eigenvalue weighted by Gasteiger charge is 2.01. The van der Waals surface area contributed by atoms with E-state index in [1.165, 1.54) is 17.8 Å². The third kappa shape index (κ3) is 1.73. The van der Waals surface area contributed by atoms with E-state index < -0.39 is 0 Å². The van der Waals surface area contributed by atoms with Crippen LogP contribution in [0.1, 0.15) is 17.3 Å². The van der Waals surface area contributed by atoms with Crippen molar-refractivity contribution in [3.05, 3.63) is 18.0 Å². The maximum atomic E-state index is 10.7. The fourth-order valence-corrected chi connectivity index (χ4v) is 0.722. The molecule has 4 nitrogen and oxygen atoms in total. The van der Waals surface area contributed by atoms with Gasteiger partial charge in [0.25, 0.3) is 0 Å². The molecule has 4 heteroatoms. The normalized spacial score (nSPS) is 9.55. The second-order valence-electron chi connectivity index (χ2n) is 2.17. The van der Waals surface area contributed by atoms with Crippen LogP contribution in [0.15, 0.2) is 12.4 Å². The van der Waals surface area contributed by atoms with E-state index in [0.29, 0.717) is 5.56 Å². The molecule has 1 rings (SSSR count). The van der Waals surface area contributed by atoms with Gasteiger partial charge in [0.05, 0.1) is 18.3 Å². The number of hydrogen-bond donors (Lipinski definition) is 0. The van der Waals surface area contributed by atoms with Gasteiger partial charge in [0.2, 0.25) is 0 Å². The van der Waals surface area contributed by atoms with E-state index >= 15 is 0 Å². The molecule has 0 bridgehead atoms. The summed E-state index contributed by atoms with van der Waals surface area (Å²) < 4.78 is 1.42. The fourth-order valence-electron chi connectivity index (χ4n) is 0.722. The molecule has 0 atom stereocenters. The number of hydrogen-bond acceptors (Lipinski definition) is 3. The van der Waals surface area contributed by atoms with Crippen LogP contribution in [0.2, 0.25) is 0 Å². The van der Waals surface area contributed by atoms with Crippen molar-refractivity contribution in [2.75, 3.05) is 0 Å². The van der Waals surface area contributed by atoms with Crippen molar-refractivity contribution in [1.82, 2.24) is 9.78 Å². The quantitative estimate of drug-likeness (QED) is 0.462. The minimum absolute atomic E-state index is 0.0397. The Hall–Kier alpha value is -1.45. The first-order valence-corrected chi connectivity index (χ1v) is 3.21. The first-order valence-electron chi connectivity index (χ1n) is 3.21. The molecule has 0 saturated heterocycles. The number of carbonyl (C=O) groups excluding carboxylic acids is 2. The first-order chi connectivity index (χ1) is 5.24. The largest absolute Gasteiger partial charge is 0.301 e. The summed E-state index contributed by atoms with van der Waals surface area (Å²) in [5, 5.41) is 3.79. The van der Waals surface area contributed by atoms with Gasteiger partial charge in [-0.25, -0.2) is 0 Å². The van der Waals surface area contributed by atoms with Gasteiger partial charge in [0, 0.05) is 6.20 Å². The maximum Gasteiger partial charge on any atom is 0.162 e. The first kappa shape index (κ1) is 7.65. The molecule has 1 heterocycles. The van der Waals surface area contributed by atoms with Crippen molar-refractivity contribution < 1.29 is 9.59 Å². The van der Waals surface area contributed by atoms with Crippen LogP contribution in [-0.4, -0.2) is 21.8 Å². The SMILES string of the molecule is CC(=O)c1cnn(CC=O)c1. The lowest BCUT2D eigenvalue weighted by Gasteiger charge is -1.88. The van der Waals surface area contributed by atoms with Crippen LogP contribution in [0.4, 0.5) is 0 Å². The minimum atomic E-state index is -0.0397. The highest BCUT2D eigenvalue weighted by molar-refractivity contribution is 5.93. The number of Topliss-reactive ketones (excluding diaryl/α,β-unsaturated/α-hetero) is 1.